The van der Waals surface area contributed by atoms with Crippen LogP contribution in [0.3, 0.4) is 0 Å². The second-order valence-corrected chi connectivity index (χ2v) is 6.90. The summed E-state index contributed by atoms with van der Waals surface area (Å²) in [7, 11) is 0. The Morgan fingerprint density at radius 1 is 1.08 bits per heavy atom. The molecule has 1 N–H and O–H groups in total. The predicted octanol–water partition coefficient (Wildman–Crippen LogP) is 6.16. The molecule has 4 nitrogen and oxygen atoms in total. The van der Waals surface area contributed by atoms with Crippen LogP contribution in [-0.4, -0.2) is 10.1 Å². The minimum absolute atomic E-state index is 0.0752. The number of fused-ring (bicyclic) bond motifs is 1. The van der Waals surface area contributed by atoms with Gasteiger partial charge in [-0.25, -0.2) is 4.98 Å². The van der Waals surface area contributed by atoms with Gasteiger partial charge in [-0.1, -0.05) is 35.9 Å². The molecule has 6 heteroatoms. The van der Waals surface area contributed by atoms with Crippen LogP contribution in [0.25, 0.3) is 32.9 Å². The third-order valence-corrected chi connectivity index (χ3v) is 5.22. The third-order valence-electron chi connectivity index (χ3n) is 3.84. The van der Waals surface area contributed by atoms with Crippen LogP contribution in [0.1, 0.15) is 10.8 Å². The first kappa shape index (κ1) is 16.4. The number of aliphatic hydroxyl groups is 1. The van der Waals surface area contributed by atoms with E-state index in [1.807, 2.05) is 48.5 Å². The smallest absolute Gasteiger partial charge is 0.179 e. The van der Waals surface area contributed by atoms with E-state index in [0.717, 1.165) is 10.2 Å². The first-order valence-corrected chi connectivity index (χ1v) is 8.91. The van der Waals surface area contributed by atoms with Gasteiger partial charge in [-0.2, -0.15) is 5.26 Å². The summed E-state index contributed by atoms with van der Waals surface area (Å²) < 4.78 is 6.67. The Labute approximate surface area is 158 Å². The molecule has 0 aliphatic rings. The Morgan fingerprint density at radius 3 is 2.62 bits per heavy atom. The Balaban J connectivity index is 1.78. The lowest BCUT2D eigenvalue weighted by atomic mass is 10.2. The molecule has 126 valence electrons. The molecule has 0 amide bonds. The number of hydrogen-bond donors (Lipinski definition) is 1. The maximum Gasteiger partial charge on any atom is 0.179 e. The summed E-state index contributed by atoms with van der Waals surface area (Å²) in [4.78, 5) is 4.42. The molecule has 4 aromatic rings. The zero-order valence-corrected chi connectivity index (χ0v) is 14.9. The number of nitrogens with zero attached hydrogens (tertiary/aromatic N) is 2. The molecule has 0 radical (unpaired) electrons. The van der Waals surface area contributed by atoms with Crippen molar-refractivity contribution in [3.63, 3.8) is 0 Å². The largest absolute Gasteiger partial charge is 0.503 e. The van der Waals surface area contributed by atoms with E-state index in [9.17, 15) is 10.4 Å². The van der Waals surface area contributed by atoms with E-state index in [2.05, 4.69) is 4.98 Å². The molecular formula is C20H11ClN2O2S. The van der Waals surface area contributed by atoms with E-state index in [1.165, 1.54) is 11.3 Å². The number of rotatable bonds is 3. The van der Waals surface area contributed by atoms with Gasteiger partial charge in [0.15, 0.2) is 11.5 Å². The summed E-state index contributed by atoms with van der Waals surface area (Å²) in [6, 6.07) is 20.2. The lowest BCUT2D eigenvalue weighted by molar-refractivity contribution is 0.466. The van der Waals surface area contributed by atoms with Gasteiger partial charge < -0.3 is 9.52 Å². The lowest BCUT2D eigenvalue weighted by Crippen LogP contribution is -1.88. The average Bonchev–Trinajstić information content (AvgIpc) is 3.29. The Morgan fingerprint density at radius 2 is 1.85 bits per heavy atom. The molecule has 0 aliphatic carbocycles. The predicted molar refractivity (Wildman–Crippen MR) is 104 cm³/mol. The van der Waals surface area contributed by atoms with Gasteiger partial charge in [-0.3, -0.25) is 0 Å². The lowest BCUT2D eigenvalue weighted by Gasteiger charge is -2.01. The normalized spacial score (nSPS) is 12.0. The Hall–Kier alpha value is -3.07. The van der Waals surface area contributed by atoms with Gasteiger partial charge in [0.2, 0.25) is 0 Å². The number of aromatic nitrogens is 1. The highest BCUT2D eigenvalue weighted by atomic mass is 35.5. The molecule has 4 rings (SSSR count). The molecule has 0 saturated heterocycles. The number of nitriles is 1. The van der Waals surface area contributed by atoms with Crippen molar-refractivity contribution in [3.8, 4) is 17.4 Å². The van der Waals surface area contributed by atoms with E-state index in [-0.39, 0.29) is 17.1 Å². The summed E-state index contributed by atoms with van der Waals surface area (Å²) in [6.07, 6.45) is 0. The van der Waals surface area contributed by atoms with E-state index in [4.69, 9.17) is 16.0 Å². The van der Waals surface area contributed by atoms with Crippen LogP contribution in [0.2, 0.25) is 5.02 Å². The third kappa shape index (κ3) is 2.86. The highest BCUT2D eigenvalue weighted by Crippen LogP contribution is 2.34. The van der Waals surface area contributed by atoms with Crippen LogP contribution in [0.15, 0.2) is 65.1 Å². The second kappa shape index (κ2) is 6.68. The number of benzene rings is 2. The number of aliphatic hydroxyl groups excluding tert-OH is 1. The van der Waals surface area contributed by atoms with Gasteiger partial charge in [0.05, 0.1) is 15.2 Å². The Kier molecular flexibility index (Phi) is 4.21. The zero-order valence-electron chi connectivity index (χ0n) is 13.3. The number of thiazole rings is 1. The van der Waals surface area contributed by atoms with Gasteiger partial charge >= 0.3 is 0 Å². The molecule has 2 aromatic carbocycles. The maximum atomic E-state index is 10.6. The van der Waals surface area contributed by atoms with Crippen molar-refractivity contribution in [1.29, 1.82) is 5.26 Å². The van der Waals surface area contributed by atoms with Gasteiger partial charge in [-0.15, -0.1) is 11.3 Å². The van der Waals surface area contributed by atoms with Crippen molar-refractivity contribution in [2.24, 2.45) is 0 Å². The number of para-hydroxylation sites is 1. The molecule has 0 aliphatic heterocycles. The van der Waals surface area contributed by atoms with Gasteiger partial charge in [-0.05, 0) is 36.4 Å². The molecule has 0 fully saturated rings. The second-order valence-electron chi connectivity index (χ2n) is 5.47. The van der Waals surface area contributed by atoms with Crippen molar-refractivity contribution in [1.82, 2.24) is 4.98 Å². The topological polar surface area (TPSA) is 70.0 Å². The standard InChI is InChI=1S/C20H11ClN2O2S/c21-14-6-2-1-5-12(14)16-9-10-17(25-16)19(24)13(11-22)20-23-15-7-3-4-8-18(15)26-20/h1-10,24H. The average molecular weight is 379 g/mol. The quantitative estimate of drug-likeness (QED) is 0.342. The first-order chi connectivity index (χ1) is 12.7. The fraction of sp³-hybridized carbons (Fsp3) is 0. The van der Waals surface area contributed by atoms with Crippen LogP contribution in [0, 0.1) is 11.3 Å². The molecule has 2 heterocycles. The van der Waals surface area contributed by atoms with Crippen LogP contribution in [0.4, 0.5) is 0 Å². The first-order valence-electron chi connectivity index (χ1n) is 7.72. The zero-order chi connectivity index (χ0) is 18.1. The summed E-state index contributed by atoms with van der Waals surface area (Å²) in [5, 5.41) is 21.1. The van der Waals surface area contributed by atoms with E-state index < -0.39 is 0 Å². The van der Waals surface area contributed by atoms with E-state index in [0.29, 0.717) is 21.4 Å². The van der Waals surface area contributed by atoms with Crippen molar-refractivity contribution >= 4 is 44.5 Å². The summed E-state index contributed by atoms with van der Waals surface area (Å²) in [6.45, 7) is 0. The minimum atomic E-state index is -0.246. The van der Waals surface area contributed by atoms with Crippen molar-refractivity contribution in [3.05, 3.63) is 76.5 Å². The molecule has 0 bridgehead atoms. The van der Waals surface area contributed by atoms with Crippen molar-refractivity contribution in [2.45, 2.75) is 0 Å². The highest BCUT2D eigenvalue weighted by molar-refractivity contribution is 7.19. The van der Waals surface area contributed by atoms with Crippen molar-refractivity contribution < 1.29 is 9.52 Å². The monoisotopic (exact) mass is 378 g/mol. The van der Waals surface area contributed by atoms with Crippen LogP contribution < -0.4 is 0 Å². The van der Waals surface area contributed by atoms with Crippen LogP contribution in [-0.2, 0) is 0 Å². The van der Waals surface area contributed by atoms with Gasteiger partial charge in [0, 0.05) is 5.56 Å². The summed E-state index contributed by atoms with van der Waals surface area (Å²) >= 11 is 7.53. The number of allylic oxidation sites excluding steroid dienone is 1. The van der Waals surface area contributed by atoms with Crippen molar-refractivity contribution in [2.75, 3.05) is 0 Å². The molecule has 0 saturated carbocycles. The number of furan rings is 1. The van der Waals surface area contributed by atoms with Crippen LogP contribution in [0.5, 0.6) is 0 Å². The summed E-state index contributed by atoms with van der Waals surface area (Å²) in [5.74, 6) is 0.458. The molecule has 26 heavy (non-hydrogen) atoms. The molecule has 2 aromatic heterocycles. The van der Waals surface area contributed by atoms with Crippen LogP contribution >= 0.6 is 22.9 Å². The maximum absolute atomic E-state index is 10.6. The molecule has 0 atom stereocenters. The molecule has 0 spiro atoms. The minimum Gasteiger partial charge on any atom is -0.503 e. The molecular weight excluding hydrogens is 368 g/mol. The fourth-order valence-corrected chi connectivity index (χ4v) is 3.77. The van der Waals surface area contributed by atoms with E-state index in [1.54, 1.807) is 18.2 Å². The molecule has 0 unspecified atom stereocenters. The summed E-state index contributed by atoms with van der Waals surface area (Å²) in [5.41, 5.74) is 1.57. The van der Waals surface area contributed by atoms with Gasteiger partial charge in [0.1, 0.15) is 22.4 Å². The Bertz CT molecular complexity index is 1150. The SMILES string of the molecule is N#CC(=C(O)c1ccc(-c2ccccc2Cl)o1)c1nc2ccccc2s1. The number of halogens is 1. The highest BCUT2D eigenvalue weighted by Gasteiger charge is 2.18. The van der Waals surface area contributed by atoms with E-state index >= 15 is 0 Å². The number of hydrogen-bond acceptors (Lipinski definition) is 5. The fourth-order valence-electron chi connectivity index (χ4n) is 2.58. The van der Waals surface area contributed by atoms with Gasteiger partial charge in [0.25, 0.3) is 0 Å².